The van der Waals surface area contributed by atoms with E-state index in [0.717, 1.165) is 19.1 Å². The maximum atomic E-state index is 11.8. The summed E-state index contributed by atoms with van der Waals surface area (Å²) in [6, 6.07) is -0.515. The molecule has 0 aliphatic carbocycles. The average molecular weight is 382 g/mol. The summed E-state index contributed by atoms with van der Waals surface area (Å²) in [4.78, 5) is 32.9. The molecule has 0 rings (SSSR count). The number of carbonyl (C=O) groups excluding carboxylic acids is 3. The summed E-state index contributed by atoms with van der Waals surface area (Å²) >= 11 is 0. The number of carbonyl (C=O) groups is 3. The highest BCUT2D eigenvalue weighted by atomic mass is 16.2. The molecule has 0 spiro atoms. The number of nitrogens with one attached hydrogen (secondary N) is 1. The fourth-order valence-electron chi connectivity index (χ4n) is 3.36. The van der Waals surface area contributed by atoms with Gasteiger partial charge in [0.05, 0.1) is 6.04 Å². The van der Waals surface area contributed by atoms with Gasteiger partial charge in [-0.2, -0.15) is 0 Å². The fourth-order valence-corrected chi connectivity index (χ4v) is 3.36. The van der Waals surface area contributed by atoms with E-state index in [4.69, 9.17) is 0 Å². The first-order chi connectivity index (χ1) is 13.2. The molecule has 0 aromatic carbocycles. The summed E-state index contributed by atoms with van der Waals surface area (Å²) in [5, 5.41) is 2.69. The molecule has 0 fully saturated rings. The van der Waals surface area contributed by atoms with Crippen molar-refractivity contribution in [1.82, 2.24) is 5.32 Å². The Labute approximate surface area is 167 Å². The van der Waals surface area contributed by atoms with Crippen LogP contribution < -0.4 is 5.32 Å². The van der Waals surface area contributed by atoms with Crippen molar-refractivity contribution in [2.75, 3.05) is 0 Å². The Kier molecular flexibility index (Phi) is 20.2. The molecule has 0 heterocycles. The first kappa shape index (κ1) is 25.8. The molecule has 4 nitrogen and oxygen atoms in total. The number of rotatable bonds is 21. The minimum Gasteiger partial charge on any atom is -0.347 e. The second-order valence-electron chi connectivity index (χ2n) is 7.75. The van der Waals surface area contributed by atoms with Crippen LogP contribution in [0.3, 0.4) is 0 Å². The van der Waals surface area contributed by atoms with Crippen LogP contribution in [0.1, 0.15) is 122 Å². The maximum absolute atomic E-state index is 11.8. The second-order valence-corrected chi connectivity index (χ2v) is 7.75. The zero-order valence-corrected chi connectivity index (χ0v) is 17.7. The van der Waals surface area contributed by atoms with E-state index in [1.807, 2.05) is 0 Å². The van der Waals surface area contributed by atoms with E-state index < -0.39 is 6.04 Å². The Balaban J connectivity index is 3.29. The molecule has 0 aromatic rings. The molecular formula is C23H43NO3. The Morgan fingerprint density at radius 2 is 1.19 bits per heavy atom. The van der Waals surface area contributed by atoms with E-state index in [-0.39, 0.29) is 5.91 Å². The Morgan fingerprint density at radius 3 is 1.59 bits per heavy atom. The van der Waals surface area contributed by atoms with Gasteiger partial charge in [0.25, 0.3) is 0 Å². The summed E-state index contributed by atoms with van der Waals surface area (Å²) < 4.78 is 0. The van der Waals surface area contributed by atoms with Gasteiger partial charge in [0, 0.05) is 12.8 Å². The largest absolute Gasteiger partial charge is 0.347 e. The smallest absolute Gasteiger partial charge is 0.220 e. The van der Waals surface area contributed by atoms with Crippen LogP contribution in [-0.2, 0) is 14.4 Å². The molecule has 158 valence electrons. The van der Waals surface area contributed by atoms with Crippen LogP contribution in [0.25, 0.3) is 0 Å². The topological polar surface area (TPSA) is 63.2 Å². The zero-order chi connectivity index (χ0) is 20.0. The summed E-state index contributed by atoms with van der Waals surface area (Å²) in [7, 11) is 0. The number of unbranched alkanes of at least 4 members (excludes halogenated alkanes) is 14. The molecule has 1 amide bonds. The second kappa shape index (κ2) is 21.1. The van der Waals surface area contributed by atoms with Gasteiger partial charge >= 0.3 is 0 Å². The van der Waals surface area contributed by atoms with Gasteiger partial charge in [-0.25, -0.2) is 0 Å². The third kappa shape index (κ3) is 19.4. The molecule has 4 heteroatoms. The molecule has 0 radical (unpaired) electrons. The third-order valence-electron chi connectivity index (χ3n) is 5.11. The summed E-state index contributed by atoms with van der Waals surface area (Å²) in [5.41, 5.74) is 0. The SMILES string of the molecule is CCCCCCCCCCCCCCCCCC(=O)N[C@H](C=O)CCC=O. The molecule has 0 bridgehead atoms. The Hall–Kier alpha value is -1.19. The van der Waals surface area contributed by atoms with Crippen LogP contribution in [0.2, 0.25) is 0 Å². The van der Waals surface area contributed by atoms with E-state index in [1.165, 1.54) is 83.5 Å². The lowest BCUT2D eigenvalue weighted by Gasteiger charge is -2.11. The van der Waals surface area contributed by atoms with Gasteiger partial charge in [0.15, 0.2) is 0 Å². The van der Waals surface area contributed by atoms with Gasteiger partial charge in [0.2, 0.25) is 5.91 Å². The van der Waals surface area contributed by atoms with Crippen LogP contribution in [0.5, 0.6) is 0 Å². The van der Waals surface area contributed by atoms with E-state index in [9.17, 15) is 14.4 Å². The number of aldehydes is 2. The zero-order valence-electron chi connectivity index (χ0n) is 17.7. The molecule has 1 N–H and O–H groups in total. The first-order valence-corrected chi connectivity index (χ1v) is 11.4. The van der Waals surface area contributed by atoms with Crippen molar-refractivity contribution in [2.24, 2.45) is 0 Å². The van der Waals surface area contributed by atoms with Crippen LogP contribution in [0.15, 0.2) is 0 Å². The van der Waals surface area contributed by atoms with E-state index in [1.54, 1.807) is 0 Å². The lowest BCUT2D eigenvalue weighted by molar-refractivity contribution is -0.124. The normalized spacial score (nSPS) is 11.9. The van der Waals surface area contributed by atoms with Crippen molar-refractivity contribution in [1.29, 1.82) is 0 Å². The van der Waals surface area contributed by atoms with Crippen molar-refractivity contribution < 1.29 is 14.4 Å². The Morgan fingerprint density at radius 1 is 0.741 bits per heavy atom. The lowest BCUT2D eigenvalue weighted by Crippen LogP contribution is -2.35. The highest BCUT2D eigenvalue weighted by Gasteiger charge is 2.10. The predicted octanol–water partition coefficient (Wildman–Crippen LogP) is 5.91. The van der Waals surface area contributed by atoms with Gasteiger partial charge in [-0.15, -0.1) is 0 Å². The fraction of sp³-hybridized carbons (Fsp3) is 0.870. The van der Waals surface area contributed by atoms with Crippen LogP contribution in [-0.4, -0.2) is 24.5 Å². The molecule has 0 saturated heterocycles. The molecule has 0 aromatic heterocycles. The maximum Gasteiger partial charge on any atom is 0.220 e. The molecule has 0 aliphatic heterocycles. The van der Waals surface area contributed by atoms with Crippen molar-refractivity contribution in [3.05, 3.63) is 0 Å². The highest BCUT2D eigenvalue weighted by molar-refractivity contribution is 5.79. The van der Waals surface area contributed by atoms with Crippen molar-refractivity contribution in [2.45, 2.75) is 129 Å². The third-order valence-corrected chi connectivity index (χ3v) is 5.11. The molecule has 1 atom stereocenters. The van der Waals surface area contributed by atoms with Gasteiger partial charge < -0.3 is 14.9 Å². The monoisotopic (exact) mass is 381 g/mol. The van der Waals surface area contributed by atoms with E-state index in [2.05, 4.69) is 12.2 Å². The average Bonchev–Trinajstić information content (AvgIpc) is 2.68. The van der Waals surface area contributed by atoms with Crippen LogP contribution in [0.4, 0.5) is 0 Å². The Bertz CT molecular complexity index is 358. The highest BCUT2D eigenvalue weighted by Crippen LogP contribution is 2.13. The van der Waals surface area contributed by atoms with E-state index in [0.29, 0.717) is 25.5 Å². The molecule has 0 unspecified atom stereocenters. The predicted molar refractivity (Wildman–Crippen MR) is 113 cm³/mol. The molecule has 27 heavy (non-hydrogen) atoms. The quantitative estimate of drug-likeness (QED) is 0.198. The summed E-state index contributed by atoms with van der Waals surface area (Å²) in [6.07, 6.45) is 22.3. The van der Waals surface area contributed by atoms with Crippen LogP contribution in [0, 0.1) is 0 Å². The minimum atomic E-state index is -0.515. The van der Waals surface area contributed by atoms with Crippen molar-refractivity contribution >= 4 is 18.5 Å². The van der Waals surface area contributed by atoms with Gasteiger partial charge in [0.1, 0.15) is 12.6 Å². The standard InChI is InChI=1S/C23H43NO3/c1-2-3-4-5-6-7-8-9-10-11-12-13-14-15-16-19-23(27)24-22(21-26)18-17-20-25/h20-22H,2-19H2,1H3,(H,24,27)/t22-/m0/s1. The molecule has 0 aliphatic rings. The minimum absolute atomic E-state index is 0.0762. The number of hydrogen-bond acceptors (Lipinski definition) is 3. The van der Waals surface area contributed by atoms with Crippen molar-refractivity contribution in [3.63, 3.8) is 0 Å². The summed E-state index contributed by atoms with van der Waals surface area (Å²) in [5.74, 6) is -0.0762. The van der Waals surface area contributed by atoms with Gasteiger partial charge in [-0.1, -0.05) is 96.8 Å². The van der Waals surface area contributed by atoms with Crippen molar-refractivity contribution in [3.8, 4) is 0 Å². The van der Waals surface area contributed by atoms with Gasteiger partial charge in [-0.05, 0) is 12.8 Å². The summed E-state index contributed by atoms with van der Waals surface area (Å²) in [6.45, 7) is 2.26. The number of hydrogen-bond donors (Lipinski definition) is 1. The molecule has 0 saturated carbocycles. The lowest BCUT2D eigenvalue weighted by atomic mass is 10.0. The van der Waals surface area contributed by atoms with E-state index >= 15 is 0 Å². The van der Waals surface area contributed by atoms with Crippen LogP contribution >= 0.6 is 0 Å². The van der Waals surface area contributed by atoms with Gasteiger partial charge in [-0.3, -0.25) is 4.79 Å². The number of amides is 1. The first-order valence-electron chi connectivity index (χ1n) is 11.4. The molecular weight excluding hydrogens is 338 g/mol.